The van der Waals surface area contributed by atoms with Gasteiger partial charge in [0, 0.05) is 0 Å². The predicted octanol–water partition coefficient (Wildman–Crippen LogP) is 2.29. The van der Waals surface area contributed by atoms with E-state index in [4.69, 9.17) is 0 Å². The molecule has 0 unspecified atom stereocenters. The molecule has 112 valence electrons. The van der Waals surface area contributed by atoms with Gasteiger partial charge in [-0.15, -0.1) is 0 Å². The summed E-state index contributed by atoms with van der Waals surface area (Å²) in [5, 5.41) is 0. The molecule has 8 heteroatoms. The fourth-order valence-electron chi connectivity index (χ4n) is 1.47. The average molecular weight is 307 g/mol. The SMILES string of the molecule is CCCCS(=O)(=O)Nc1ccc(F)c(C(=O)OC)c1F. The van der Waals surface area contributed by atoms with Gasteiger partial charge in [0.05, 0.1) is 18.6 Å². The third-order valence-electron chi connectivity index (χ3n) is 2.51. The number of hydrogen-bond acceptors (Lipinski definition) is 4. The topological polar surface area (TPSA) is 72.5 Å². The van der Waals surface area contributed by atoms with E-state index in [2.05, 4.69) is 4.74 Å². The van der Waals surface area contributed by atoms with Gasteiger partial charge in [-0.05, 0) is 18.6 Å². The Labute approximate surface area is 116 Å². The van der Waals surface area contributed by atoms with Crippen molar-refractivity contribution in [3.63, 3.8) is 0 Å². The number of unbranched alkanes of at least 4 members (excludes halogenated alkanes) is 1. The molecule has 20 heavy (non-hydrogen) atoms. The summed E-state index contributed by atoms with van der Waals surface area (Å²) in [5.41, 5.74) is -1.41. The van der Waals surface area contributed by atoms with E-state index in [1.54, 1.807) is 0 Å². The maximum atomic E-state index is 14.0. The van der Waals surface area contributed by atoms with Gasteiger partial charge >= 0.3 is 5.97 Å². The van der Waals surface area contributed by atoms with Crippen molar-refractivity contribution in [1.29, 1.82) is 0 Å². The third-order valence-corrected chi connectivity index (χ3v) is 3.87. The van der Waals surface area contributed by atoms with Crippen molar-refractivity contribution in [2.24, 2.45) is 0 Å². The number of sulfonamides is 1. The number of ether oxygens (including phenoxy) is 1. The average Bonchev–Trinajstić information content (AvgIpc) is 2.39. The molecule has 0 amide bonds. The Bertz CT molecular complexity index is 602. The molecule has 1 N–H and O–H groups in total. The first-order chi connectivity index (χ1) is 9.32. The van der Waals surface area contributed by atoms with Crippen LogP contribution in [0, 0.1) is 11.6 Å². The van der Waals surface area contributed by atoms with Crippen molar-refractivity contribution in [2.45, 2.75) is 19.8 Å². The molecule has 0 aromatic heterocycles. The summed E-state index contributed by atoms with van der Waals surface area (Å²) < 4.78 is 56.9. The minimum atomic E-state index is -3.75. The van der Waals surface area contributed by atoms with Crippen LogP contribution in [0.15, 0.2) is 12.1 Å². The summed E-state index contributed by atoms with van der Waals surface area (Å²) in [6.07, 6.45) is 1.06. The Balaban J connectivity index is 3.12. The van der Waals surface area contributed by atoms with E-state index in [0.29, 0.717) is 12.8 Å². The number of methoxy groups -OCH3 is 1. The molecule has 0 aliphatic carbocycles. The normalized spacial score (nSPS) is 11.2. The summed E-state index contributed by atoms with van der Waals surface area (Å²) in [4.78, 5) is 11.3. The largest absolute Gasteiger partial charge is 0.465 e. The van der Waals surface area contributed by atoms with Crippen molar-refractivity contribution >= 4 is 21.7 Å². The number of anilines is 1. The van der Waals surface area contributed by atoms with Gasteiger partial charge in [-0.3, -0.25) is 4.72 Å². The maximum absolute atomic E-state index is 14.0. The molecule has 0 fully saturated rings. The lowest BCUT2D eigenvalue weighted by molar-refractivity contribution is 0.0590. The zero-order chi connectivity index (χ0) is 15.3. The standard InChI is InChI=1S/C12H15F2NO4S/c1-3-4-7-20(17,18)15-9-6-5-8(13)10(11(9)14)12(16)19-2/h5-6,15H,3-4,7H2,1-2H3. The first-order valence-electron chi connectivity index (χ1n) is 5.89. The Morgan fingerprint density at radius 3 is 2.55 bits per heavy atom. The molecule has 0 aliphatic rings. The highest BCUT2D eigenvalue weighted by atomic mass is 32.2. The number of esters is 1. The van der Waals surface area contributed by atoms with Gasteiger partial charge in [0.25, 0.3) is 0 Å². The number of benzene rings is 1. The van der Waals surface area contributed by atoms with Crippen LogP contribution in [0.25, 0.3) is 0 Å². The number of carbonyl (C=O) groups is 1. The second kappa shape index (κ2) is 6.65. The van der Waals surface area contributed by atoms with Crippen LogP contribution in [0.3, 0.4) is 0 Å². The summed E-state index contributed by atoms with van der Waals surface area (Å²) in [6, 6.07) is 1.72. The highest BCUT2D eigenvalue weighted by molar-refractivity contribution is 7.92. The minimum absolute atomic E-state index is 0.187. The number of hydrogen-bond donors (Lipinski definition) is 1. The summed E-state index contributed by atoms with van der Waals surface area (Å²) in [7, 11) is -2.77. The van der Waals surface area contributed by atoms with E-state index in [9.17, 15) is 22.0 Å². The van der Waals surface area contributed by atoms with E-state index in [1.165, 1.54) is 0 Å². The van der Waals surface area contributed by atoms with Gasteiger partial charge in [0.1, 0.15) is 11.4 Å². The van der Waals surface area contributed by atoms with E-state index in [-0.39, 0.29) is 5.75 Å². The molecule has 1 rings (SSSR count). The lowest BCUT2D eigenvalue weighted by Crippen LogP contribution is -2.19. The molecule has 0 spiro atoms. The lowest BCUT2D eigenvalue weighted by atomic mass is 10.2. The summed E-state index contributed by atoms with van der Waals surface area (Å²) in [6.45, 7) is 1.81. The molecule has 1 aromatic rings. The predicted molar refractivity (Wildman–Crippen MR) is 70.0 cm³/mol. The van der Waals surface area contributed by atoms with Crippen molar-refractivity contribution < 1.29 is 26.7 Å². The third kappa shape index (κ3) is 3.89. The highest BCUT2D eigenvalue weighted by Crippen LogP contribution is 2.23. The first kappa shape index (κ1) is 16.4. The molecule has 0 heterocycles. The number of rotatable bonds is 6. The van der Waals surface area contributed by atoms with Gasteiger partial charge in [0.15, 0.2) is 5.82 Å². The van der Waals surface area contributed by atoms with E-state index in [0.717, 1.165) is 19.2 Å². The fraction of sp³-hybridized carbons (Fsp3) is 0.417. The van der Waals surface area contributed by atoms with Gasteiger partial charge in [-0.1, -0.05) is 13.3 Å². The molecule has 5 nitrogen and oxygen atoms in total. The van der Waals surface area contributed by atoms with Crippen LogP contribution in [-0.2, 0) is 14.8 Å². The van der Waals surface area contributed by atoms with Crippen LogP contribution in [-0.4, -0.2) is 27.2 Å². The van der Waals surface area contributed by atoms with E-state index in [1.807, 2.05) is 11.6 Å². The zero-order valence-electron chi connectivity index (χ0n) is 11.1. The summed E-state index contributed by atoms with van der Waals surface area (Å²) >= 11 is 0. The molecule has 0 aliphatic heterocycles. The van der Waals surface area contributed by atoms with Crippen LogP contribution in [0.1, 0.15) is 30.1 Å². The molecule has 0 radical (unpaired) electrons. The number of nitrogens with one attached hydrogen (secondary N) is 1. The zero-order valence-corrected chi connectivity index (χ0v) is 11.9. The summed E-state index contributed by atoms with van der Waals surface area (Å²) in [5.74, 6) is -3.81. The van der Waals surface area contributed by atoms with Crippen molar-refractivity contribution in [3.8, 4) is 0 Å². The van der Waals surface area contributed by atoms with E-state index >= 15 is 0 Å². The van der Waals surface area contributed by atoms with Gasteiger partial charge in [-0.25, -0.2) is 22.0 Å². The Morgan fingerprint density at radius 1 is 1.35 bits per heavy atom. The molecule has 0 saturated heterocycles. The smallest absolute Gasteiger partial charge is 0.343 e. The van der Waals surface area contributed by atoms with E-state index < -0.39 is 38.9 Å². The van der Waals surface area contributed by atoms with Gasteiger partial charge in [-0.2, -0.15) is 0 Å². The fourth-order valence-corrected chi connectivity index (χ4v) is 2.74. The Hall–Kier alpha value is -1.70. The van der Waals surface area contributed by atoms with Crippen molar-refractivity contribution in [2.75, 3.05) is 17.6 Å². The van der Waals surface area contributed by atoms with Crippen LogP contribution >= 0.6 is 0 Å². The van der Waals surface area contributed by atoms with Gasteiger partial charge in [0.2, 0.25) is 10.0 Å². The number of halogens is 2. The molecule has 0 atom stereocenters. The minimum Gasteiger partial charge on any atom is -0.465 e. The molecule has 0 bridgehead atoms. The first-order valence-corrected chi connectivity index (χ1v) is 7.54. The van der Waals surface area contributed by atoms with Crippen LogP contribution < -0.4 is 4.72 Å². The lowest BCUT2D eigenvalue weighted by Gasteiger charge is -2.11. The molecule has 0 saturated carbocycles. The Morgan fingerprint density at radius 2 is 2.00 bits per heavy atom. The maximum Gasteiger partial charge on any atom is 0.343 e. The second-order valence-corrected chi connectivity index (χ2v) is 5.89. The van der Waals surface area contributed by atoms with Crippen LogP contribution in [0.2, 0.25) is 0 Å². The molecular formula is C12H15F2NO4S. The monoisotopic (exact) mass is 307 g/mol. The van der Waals surface area contributed by atoms with Crippen molar-refractivity contribution in [1.82, 2.24) is 0 Å². The quantitative estimate of drug-likeness (QED) is 0.818. The van der Waals surface area contributed by atoms with Crippen LogP contribution in [0.5, 0.6) is 0 Å². The van der Waals surface area contributed by atoms with Crippen LogP contribution in [0.4, 0.5) is 14.5 Å². The highest BCUT2D eigenvalue weighted by Gasteiger charge is 2.23. The van der Waals surface area contributed by atoms with Crippen molar-refractivity contribution in [3.05, 3.63) is 29.3 Å². The van der Waals surface area contributed by atoms with Gasteiger partial charge < -0.3 is 4.74 Å². The molecule has 1 aromatic carbocycles. The number of carbonyl (C=O) groups excluding carboxylic acids is 1. The Kier molecular flexibility index (Phi) is 5.43. The molecular weight excluding hydrogens is 292 g/mol. The second-order valence-electron chi connectivity index (χ2n) is 4.05.